The van der Waals surface area contributed by atoms with E-state index in [1.54, 1.807) is 19.0 Å². The molecule has 0 aliphatic carbocycles. The van der Waals surface area contributed by atoms with Gasteiger partial charge in [0.05, 0.1) is 24.1 Å². The number of imidazole rings is 1. The highest BCUT2D eigenvalue weighted by Gasteiger charge is 2.10. The quantitative estimate of drug-likeness (QED) is 0.871. The van der Waals surface area contributed by atoms with Crippen molar-refractivity contribution in [2.45, 2.75) is 26.4 Å². The highest BCUT2D eigenvalue weighted by molar-refractivity contribution is 5.78. The minimum atomic E-state index is 0.0724. The lowest BCUT2D eigenvalue weighted by atomic mass is 10.3. The van der Waals surface area contributed by atoms with Crippen LogP contribution in [0.4, 0.5) is 0 Å². The SMILES string of the molecule is CCCn1c(CNCC(=O)N(C)C)nc2ccccc21. The van der Waals surface area contributed by atoms with E-state index in [1.165, 1.54) is 0 Å². The van der Waals surface area contributed by atoms with Crippen molar-refractivity contribution in [3.8, 4) is 0 Å². The summed E-state index contributed by atoms with van der Waals surface area (Å²) in [4.78, 5) is 17.8. The van der Waals surface area contributed by atoms with E-state index in [4.69, 9.17) is 0 Å². The fraction of sp³-hybridized carbons (Fsp3) is 0.467. The summed E-state index contributed by atoms with van der Waals surface area (Å²) in [5, 5.41) is 3.17. The molecule has 2 aromatic rings. The standard InChI is InChI=1S/C15H22N4O/c1-4-9-19-13-8-6-5-7-12(13)17-14(19)10-16-11-15(20)18(2)3/h5-8,16H,4,9-11H2,1-3H3. The van der Waals surface area contributed by atoms with Crippen molar-refractivity contribution >= 4 is 16.9 Å². The van der Waals surface area contributed by atoms with Crippen molar-refractivity contribution in [3.63, 3.8) is 0 Å². The second kappa shape index (κ2) is 6.52. The van der Waals surface area contributed by atoms with Gasteiger partial charge in [0.25, 0.3) is 0 Å². The van der Waals surface area contributed by atoms with Crippen molar-refractivity contribution < 1.29 is 4.79 Å². The maximum Gasteiger partial charge on any atom is 0.236 e. The second-order valence-electron chi connectivity index (χ2n) is 5.06. The molecule has 0 fully saturated rings. The molecule has 108 valence electrons. The average Bonchev–Trinajstić information content (AvgIpc) is 2.77. The maximum atomic E-state index is 11.6. The van der Waals surface area contributed by atoms with Crippen LogP contribution in [0.25, 0.3) is 11.0 Å². The van der Waals surface area contributed by atoms with E-state index in [0.29, 0.717) is 13.1 Å². The number of hydrogen-bond donors (Lipinski definition) is 1. The molecule has 20 heavy (non-hydrogen) atoms. The first-order valence-corrected chi connectivity index (χ1v) is 6.98. The molecule has 0 radical (unpaired) electrons. The lowest BCUT2D eigenvalue weighted by molar-refractivity contribution is -0.127. The molecular formula is C15H22N4O. The molecule has 0 bridgehead atoms. The van der Waals surface area contributed by atoms with Gasteiger partial charge in [-0.05, 0) is 18.6 Å². The maximum absolute atomic E-state index is 11.6. The molecule has 0 atom stereocenters. The van der Waals surface area contributed by atoms with Crippen LogP contribution in [-0.4, -0.2) is 41.0 Å². The van der Waals surface area contributed by atoms with Crippen molar-refractivity contribution in [2.75, 3.05) is 20.6 Å². The molecule has 0 saturated heterocycles. The zero-order valence-electron chi connectivity index (χ0n) is 12.4. The number of likely N-dealkylation sites (N-methyl/N-ethyl adjacent to an activating group) is 1. The Morgan fingerprint density at radius 1 is 1.35 bits per heavy atom. The van der Waals surface area contributed by atoms with Gasteiger partial charge in [-0.1, -0.05) is 19.1 Å². The summed E-state index contributed by atoms with van der Waals surface area (Å²) in [6.45, 7) is 4.04. The smallest absolute Gasteiger partial charge is 0.236 e. The summed E-state index contributed by atoms with van der Waals surface area (Å²) in [6.07, 6.45) is 1.06. The van der Waals surface area contributed by atoms with Crippen LogP contribution in [0.2, 0.25) is 0 Å². The molecule has 1 aromatic carbocycles. The zero-order chi connectivity index (χ0) is 14.5. The van der Waals surface area contributed by atoms with Gasteiger partial charge in [0, 0.05) is 20.6 Å². The minimum Gasteiger partial charge on any atom is -0.348 e. The van der Waals surface area contributed by atoms with Gasteiger partial charge >= 0.3 is 0 Å². The number of nitrogens with zero attached hydrogens (tertiary/aromatic N) is 3. The Labute approximate surface area is 119 Å². The Kier molecular flexibility index (Phi) is 4.74. The molecule has 0 aliphatic rings. The number of rotatable bonds is 6. The summed E-state index contributed by atoms with van der Waals surface area (Å²) >= 11 is 0. The predicted molar refractivity (Wildman–Crippen MR) is 80.4 cm³/mol. The molecule has 0 saturated carbocycles. The van der Waals surface area contributed by atoms with E-state index in [-0.39, 0.29) is 5.91 Å². The van der Waals surface area contributed by atoms with Crippen molar-refractivity contribution in [3.05, 3.63) is 30.1 Å². The predicted octanol–water partition coefficient (Wildman–Crippen LogP) is 1.62. The van der Waals surface area contributed by atoms with Crippen LogP contribution in [0.15, 0.2) is 24.3 Å². The highest BCUT2D eigenvalue weighted by Crippen LogP contribution is 2.16. The van der Waals surface area contributed by atoms with Crippen LogP contribution in [0, 0.1) is 0 Å². The van der Waals surface area contributed by atoms with Gasteiger partial charge in [-0.25, -0.2) is 4.98 Å². The second-order valence-corrected chi connectivity index (χ2v) is 5.06. The van der Waals surface area contributed by atoms with Gasteiger partial charge in [-0.3, -0.25) is 4.79 Å². The van der Waals surface area contributed by atoms with E-state index in [9.17, 15) is 4.79 Å². The number of carbonyl (C=O) groups is 1. The molecular weight excluding hydrogens is 252 g/mol. The van der Waals surface area contributed by atoms with E-state index >= 15 is 0 Å². The van der Waals surface area contributed by atoms with Crippen molar-refractivity contribution in [2.24, 2.45) is 0 Å². The van der Waals surface area contributed by atoms with E-state index in [1.807, 2.05) is 18.2 Å². The number of fused-ring (bicyclic) bond motifs is 1. The van der Waals surface area contributed by atoms with E-state index in [2.05, 4.69) is 27.9 Å². The fourth-order valence-corrected chi connectivity index (χ4v) is 2.17. The third-order valence-electron chi connectivity index (χ3n) is 3.24. The first-order chi connectivity index (χ1) is 9.63. The molecule has 5 nitrogen and oxygen atoms in total. The fourth-order valence-electron chi connectivity index (χ4n) is 2.17. The molecule has 0 spiro atoms. The third-order valence-corrected chi connectivity index (χ3v) is 3.24. The largest absolute Gasteiger partial charge is 0.348 e. The minimum absolute atomic E-state index is 0.0724. The van der Waals surface area contributed by atoms with Crippen LogP contribution in [0.3, 0.4) is 0 Å². The zero-order valence-corrected chi connectivity index (χ0v) is 12.4. The van der Waals surface area contributed by atoms with Crippen molar-refractivity contribution in [1.82, 2.24) is 19.8 Å². The monoisotopic (exact) mass is 274 g/mol. The molecule has 0 aliphatic heterocycles. The number of hydrogen-bond acceptors (Lipinski definition) is 3. The average molecular weight is 274 g/mol. The molecule has 1 aromatic heterocycles. The van der Waals surface area contributed by atoms with Gasteiger partial charge < -0.3 is 14.8 Å². The van der Waals surface area contributed by atoms with Gasteiger partial charge in [0.2, 0.25) is 5.91 Å². The lowest BCUT2D eigenvalue weighted by Crippen LogP contribution is -2.33. The summed E-state index contributed by atoms with van der Waals surface area (Å²) in [6, 6.07) is 8.14. The lowest BCUT2D eigenvalue weighted by Gasteiger charge is -2.11. The van der Waals surface area contributed by atoms with Gasteiger partial charge in [0.1, 0.15) is 5.82 Å². The van der Waals surface area contributed by atoms with Gasteiger partial charge in [0.15, 0.2) is 0 Å². The number of benzene rings is 1. The summed E-state index contributed by atoms with van der Waals surface area (Å²) in [7, 11) is 3.52. The summed E-state index contributed by atoms with van der Waals surface area (Å²) in [5.41, 5.74) is 2.17. The Bertz CT molecular complexity index is 589. The number of amides is 1. The highest BCUT2D eigenvalue weighted by atomic mass is 16.2. The number of aryl methyl sites for hydroxylation is 1. The number of nitrogens with one attached hydrogen (secondary N) is 1. The number of carbonyl (C=O) groups excluding carboxylic acids is 1. The van der Waals surface area contributed by atoms with Gasteiger partial charge in [-0.15, -0.1) is 0 Å². The Hall–Kier alpha value is -1.88. The first-order valence-electron chi connectivity index (χ1n) is 6.98. The number of aromatic nitrogens is 2. The van der Waals surface area contributed by atoms with Crippen LogP contribution in [0.5, 0.6) is 0 Å². The first kappa shape index (κ1) is 14.5. The van der Waals surface area contributed by atoms with Crippen LogP contribution >= 0.6 is 0 Å². The topological polar surface area (TPSA) is 50.2 Å². The molecule has 1 amide bonds. The van der Waals surface area contributed by atoms with Crippen LogP contribution < -0.4 is 5.32 Å². The Morgan fingerprint density at radius 3 is 2.80 bits per heavy atom. The van der Waals surface area contributed by atoms with Crippen LogP contribution in [-0.2, 0) is 17.9 Å². The molecule has 2 rings (SSSR count). The molecule has 0 unspecified atom stereocenters. The summed E-state index contributed by atoms with van der Waals surface area (Å²) < 4.78 is 2.22. The third kappa shape index (κ3) is 3.17. The Balaban J connectivity index is 2.12. The van der Waals surface area contributed by atoms with E-state index in [0.717, 1.165) is 29.8 Å². The normalized spacial score (nSPS) is 10.9. The van der Waals surface area contributed by atoms with Crippen molar-refractivity contribution in [1.29, 1.82) is 0 Å². The molecule has 1 heterocycles. The molecule has 5 heteroatoms. The Morgan fingerprint density at radius 2 is 2.10 bits per heavy atom. The summed E-state index contributed by atoms with van der Waals surface area (Å²) in [5.74, 6) is 1.06. The van der Waals surface area contributed by atoms with Crippen LogP contribution in [0.1, 0.15) is 19.2 Å². The van der Waals surface area contributed by atoms with Gasteiger partial charge in [-0.2, -0.15) is 0 Å². The van der Waals surface area contributed by atoms with E-state index < -0.39 is 0 Å². The number of para-hydroxylation sites is 2. The molecule has 1 N–H and O–H groups in total.